The number of fused-ring (bicyclic) bond motifs is 1. The van der Waals surface area contributed by atoms with Gasteiger partial charge in [-0.05, 0) is 31.5 Å². The van der Waals surface area contributed by atoms with Gasteiger partial charge in [-0.3, -0.25) is 0 Å². The van der Waals surface area contributed by atoms with Crippen LogP contribution < -0.4 is 10.2 Å². The SMILES string of the molecule is CCN1CCN(c2nc(NC[C@H]3CCCO3)c3ccccc3n2)CC1. The summed E-state index contributed by atoms with van der Waals surface area (Å²) >= 11 is 0. The van der Waals surface area contributed by atoms with Gasteiger partial charge in [0.05, 0.1) is 11.6 Å². The smallest absolute Gasteiger partial charge is 0.227 e. The first-order valence-electron chi connectivity index (χ1n) is 9.43. The Balaban J connectivity index is 1.57. The third-order valence-electron chi connectivity index (χ3n) is 5.21. The summed E-state index contributed by atoms with van der Waals surface area (Å²) in [5.74, 6) is 1.76. The Hall–Kier alpha value is -1.92. The van der Waals surface area contributed by atoms with Crippen LogP contribution in [0.15, 0.2) is 24.3 Å². The van der Waals surface area contributed by atoms with Crippen molar-refractivity contribution in [3.05, 3.63) is 24.3 Å². The number of hydrogen-bond donors (Lipinski definition) is 1. The fourth-order valence-electron chi connectivity index (χ4n) is 3.62. The molecule has 3 heterocycles. The lowest BCUT2D eigenvalue weighted by atomic mass is 10.2. The molecule has 0 radical (unpaired) electrons. The molecule has 0 spiro atoms. The molecule has 2 aromatic rings. The van der Waals surface area contributed by atoms with Crippen molar-refractivity contribution < 1.29 is 4.74 Å². The van der Waals surface area contributed by atoms with Crippen LogP contribution in [0.5, 0.6) is 0 Å². The summed E-state index contributed by atoms with van der Waals surface area (Å²) < 4.78 is 5.74. The molecule has 0 saturated carbocycles. The number of benzene rings is 1. The molecule has 2 saturated heterocycles. The highest BCUT2D eigenvalue weighted by Crippen LogP contribution is 2.24. The Morgan fingerprint density at radius 2 is 2.00 bits per heavy atom. The van der Waals surface area contributed by atoms with E-state index in [9.17, 15) is 0 Å². The molecule has 2 fully saturated rings. The third kappa shape index (κ3) is 3.70. The van der Waals surface area contributed by atoms with Gasteiger partial charge in [-0.1, -0.05) is 19.1 Å². The van der Waals surface area contributed by atoms with Crippen LogP contribution in [0.2, 0.25) is 0 Å². The zero-order valence-corrected chi connectivity index (χ0v) is 14.9. The van der Waals surface area contributed by atoms with Crippen LogP contribution in [0.25, 0.3) is 10.9 Å². The lowest BCUT2D eigenvalue weighted by molar-refractivity contribution is 0.120. The molecular weight excluding hydrogens is 314 g/mol. The molecule has 0 aliphatic carbocycles. The number of piperazine rings is 1. The third-order valence-corrected chi connectivity index (χ3v) is 5.21. The second-order valence-corrected chi connectivity index (χ2v) is 6.83. The topological polar surface area (TPSA) is 53.5 Å². The molecule has 0 amide bonds. The molecule has 6 heteroatoms. The molecule has 1 aromatic carbocycles. The summed E-state index contributed by atoms with van der Waals surface area (Å²) in [5, 5.41) is 4.60. The minimum atomic E-state index is 0.297. The Morgan fingerprint density at radius 1 is 1.16 bits per heavy atom. The van der Waals surface area contributed by atoms with E-state index >= 15 is 0 Å². The van der Waals surface area contributed by atoms with E-state index in [4.69, 9.17) is 14.7 Å². The molecular formula is C19H27N5O. The number of likely N-dealkylation sites (N-methyl/N-ethyl adjacent to an activating group) is 1. The molecule has 0 unspecified atom stereocenters. The summed E-state index contributed by atoms with van der Waals surface area (Å²) in [7, 11) is 0. The van der Waals surface area contributed by atoms with E-state index in [1.807, 2.05) is 12.1 Å². The van der Waals surface area contributed by atoms with E-state index in [2.05, 4.69) is 34.2 Å². The van der Waals surface area contributed by atoms with E-state index in [1.165, 1.54) is 0 Å². The van der Waals surface area contributed by atoms with Crippen molar-refractivity contribution in [3.63, 3.8) is 0 Å². The van der Waals surface area contributed by atoms with Crippen LogP contribution in [0, 0.1) is 0 Å². The summed E-state index contributed by atoms with van der Waals surface area (Å²) in [6.07, 6.45) is 2.58. The maximum atomic E-state index is 5.74. The Kier molecular flexibility index (Phi) is 4.99. The molecule has 2 aliphatic heterocycles. The monoisotopic (exact) mass is 341 g/mol. The highest BCUT2D eigenvalue weighted by molar-refractivity contribution is 5.90. The number of para-hydroxylation sites is 1. The first kappa shape index (κ1) is 16.5. The van der Waals surface area contributed by atoms with Gasteiger partial charge in [-0.25, -0.2) is 4.98 Å². The zero-order valence-electron chi connectivity index (χ0n) is 14.9. The Bertz CT molecular complexity index is 708. The van der Waals surface area contributed by atoms with Crippen LogP contribution in [-0.2, 0) is 4.74 Å². The zero-order chi connectivity index (χ0) is 17.1. The minimum Gasteiger partial charge on any atom is -0.376 e. The lowest BCUT2D eigenvalue weighted by Crippen LogP contribution is -2.46. The predicted molar refractivity (Wildman–Crippen MR) is 101 cm³/mol. The van der Waals surface area contributed by atoms with Crippen LogP contribution >= 0.6 is 0 Å². The van der Waals surface area contributed by atoms with Crippen LogP contribution in [-0.4, -0.2) is 66.8 Å². The van der Waals surface area contributed by atoms with Crippen molar-refractivity contribution in [1.29, 1.82) is 0 Å². The lowest BCUT2D eigenvalue weighted by Gasteiger charge is -2.34. The van der Waals surface area contributed by atoms with Gasteiger partial charge in [0.1, 0.15) is 5.82 Å². The second-order valence-electron chi connectivity index (χ2n) is 6.83. The molecule has 0 bridgehead atoms. The van der Waals surface area contributed by atoms with Gasteiger partial charge in [0.25, 0.3) is 0 Å². The minimum absolute atomic E-state index is 0.297. The van der Waals surface area contributed by atoms with Gasteiger partial charge in [0.2, 0.25) is 5.95 Å². The first-order valence-corrected chi connectivity index (χ1v) is 9.43. The van der Waals surface area contributed by atoms with E-state index < -0.39 is 0 Å². The molecule has 1 aromatic heterocycles. The number of rotatable bonds is 5. The van der Waals surface area contributed by atoms with Crippen molar-refractivity contribution in [1.82, 2.24) is 14.9 Å². The summed E-state index contributed by atoms with van der Waals surface area (Å²) in [6.45, 7) is 9.13. The fraction of sp³-hybridized carbons (Fsp3) is 0.579. The van der Waals surface area contributed by atoms with E-state index in [-0.39, 0.29) is 0 Å². The normalized spacial score (nSPS) is 21.8. The molecule has 134 valence electrons. The van der Waals surface area contributed by atoms with Crippen molar-refractivity contribution in [2.45, 2.75) is 25.9 Å². The van der Waals surface area contributed by atoms with Crippen LogP contribution in [0.1, 0.15) is 19.8 Å². The number of anilines is 2. The van der Waals surface area contributed by atoms with Crippen molar-refractivity contribution in [2.24, 2.45) is 0 Å². The average Bonchev–Trinajstić information content (AvgIpc) is 3.19. The summed E-state index contributed by atoms with van der Waals surface area (Å²) in [4.78, 5) is 14.4. The maximum Gasteiger partial charge on any atom is 0.227 e. The van der Waals surface area contributed by atoms with Crippen molar-refractivity contribution in [3.8, 4) is 0 Å². The summed E-state index contributed by atoms with van der Waals surface area (Å²) in [6, 6.07) is 8.24. The van der Waals surface area contributed by atoms with Crippen LogP contribution in [0.3, 0.4) is 0 Å². The fourth-order valence-corrected chi connectivity index (χ4v) is 3.62. The number of hydrogen-bond acceptors (Lipinski definition) is 6. The Labute approximate surface area is 149 Å². The van der Waals surface area contributed by atoms with Crippen molar-refractivity contribution in [2.75, 3.05) is 56.1 Å². The van der Waals surface area contributed by atoms with Gasteiger partial charge >= 0.3 is 0 Å². The molecule has 1 N–H and O–H groups in total. The highest BCUT2D eigenvalue weighted by atomic mass is 16.5. The molecule has 4 rings (SSSR count). The van der Waals surface area contributed by atoms with Crippen LogP contribution in [0.4, 0.5) is 11.8 Å². The Morgan fingerprint density at radius 3 is 2.76 bits per heavy atom. The molecule has 6 nitrogen and oxygen atoms in total. The first-order chi connectivity index (χ1) is 12.3. The standard InChI is InChI=1S/C19H27N5O/c1-2-23-9-11-24(12-10-23)19-21-17-8-4-3-7-16(17)18(22-19)20-14-15-6-5-13-25-15/h3-4,7-8,15H,2,5-6,9-14H2,1H3,(H,20,21,22)/t15-/m1/s1. The molecule has 25 heavy (non-hydrogen) atoms. The number of aromatic nitrogens is 2. The van der Waals surface area contributed by atoms with Gasteiger partial charge < -0.3 is 19.9 Å². The van der Waals surface area contributed by atoms with E-state index in [0.717, 1.165) is 81.4 Å². The van der Waals surface area contributed by atoms with Gasteiger partial charge in [0, 0.05) is 44.7 Å². The number of nitrogens with one attached hydrogen (secondary N) is 1. The molecule has 1 atom stereocenters. The largest absolute Gasteiger partial charge is 0.376 e. The quantitative estimate of drug-likeness (QED) is 0.901. The van der Waals surface area contributed by atoms with Gasteiger partial charge in [-0.15, -0.1) is 0 Å². The molecule has 2 aliphatic rings. The van der Waals surface area contributed by atoms with E-state index in [1.54, 1.807) is 0 Å². The number of nitrogens with zero attached hydrogens (tertiary/aromatic N) is 4. The average molecular weight is 341 g/mol. The predicted octanol–water partition coefficient (Wildman–Crippen LogP) is 2.36. The number of ether oxygens (including phenoxy) is 1. The summed E-state index contributed by atoms with van der Waals surface area (Å²) in [5.41, 5.74) is 1.00. The second kappa shape index (κ2) is 7.54. The highest BCUT2D eigenvalue weighted by Gasteiger charge is 2.20. The van der Waals surface area contributed by atoms with Gasteiger partial charge in [0.15, 0.2) is 0 Å². The maximum absolute atomic E-state index is 5.74. The van der Waals surface area contributed by atoms with E-state index in [0.29, 0.717) is 6.10 Å². The van der Waals surface area contributed by atoms with Gasteiger partial charge in [-0.2, -0.15) is 4.98 Å². The van der Waals surface area contributed by atoms with Crippen molar-refractivity contribution >= 4 is 22.7 Å².